The number of rotatable bonds is 4. The zero-order valence-corrected chi connectivity index (χ0v) is 26.9. The molecule has 224 valence electrons. The number of nitrogens with zero attached hydrogens (tertiary/aromatic N) is 1. The Balaban J connectivity index is 1.25. The van der Waals surface area contributed by atoms with Crippen molar-refractivity contribution in [1.29, 1.82) is 0 Å². The van der Waals surface area contributed by atoms with Gasteiger partial charge in [-0.2, -0.15) is 0 Å². The topological polar surface area (TPSA) is 3.24 Å². The van der Waals surface area contributed by atoms with Crippen molar-refractivity contribution in [3.05, 3.63) is 176 Å². The molecule has 0 aliphatic heterocycles. The van der Waals surface area contributed by atoms with Gasteiger partial charge in [-0.15, -0.1) is 11.3 Å². The van der Waals surface area contributed by atoms with Gasteiger partial charge in [-0.1, -0.05) is 133 Å². The van der Waals surface area contributed by atoms with Gasteiger partial charge in [0.2, 0.25) is 0 Å². The molecule has 0 unspecified atom stereocenters. The lowest BCUT2D eigenvalue weighted by molar-refractivity contribution is 1.31. The summed E-state index contributed by atoms with van der Waals surface area (Å²) >= 11 is 1.86. The van der Waals surface area contributed by atoms with Crippen molar-refractivity contribution < 1.29 is 0 Å². The fourth-order valence-electron chi connectivity index (χ4n) is 7.57. The van der Waals surface area contributed by atoms with Gasteiger partial charge in [-0.05, 0) is 91.3 Å². The van der Waals surface area contributed by atoms with Crippen molar-refractivity contribution in [2.75, 3.05) is 4.90 Å². The lowest BCUT2D eigenvalue weighted by Crippen LogP contribution is -2.10. The summed E-state index contributed by atoms with van der Waals surface area (Å²) in [7, 11) is 0. The molecule has 48 heavy (non-hydrogen) atoms. The Bertz CT molecular complexity index is 2840. The molecule has 0 aliphatic rings. The molecule has 0 atom stereocenters. The average Bonchev–Trinajstić information content (AvgIpc) is 3.53. The van der Waals surface area contributed by atoms with Crippen LogP contribution in [0.5, 0.6) is 0 Å². The highest BCUT2D eigenvalue weighted by Crippen LogP contribution is 2.46. The molecule has 0 saturated carbocycles. The fourth-order valence-corrected chi connectivity index (χ4v) is 8.66. The number of benzene rings is 9. The van der Waals surface area contributed by atoms with Gasteiger partial charge < -0.3 is 4.90 Å². The van der Waals surface area contributed by atoms with Crippen LogP contribution in [0, 0.1) is 0 Å². The summed E-state index contributed by atoms with van der Waals surface area (Å²) in [6.07, 6.45) is 0. The van der Waals surface area contributed by atoms with Crippen molar-refractivity contribution in [2.24, 2.45) is 0 Å². The molecule has 2 heteroatoms. The van der Waals surface area contributed by atoms with Gasteiger partial charge in [0, 0.05) is 36.9 Å². The monoisotopic (exact) mass is 627 g/mol. The van der Waals surface area contributed by atoms with E-state index in [0.717, 1.165) is 11.4 Å². The van der Waals surface area contributed by atoms with Crippen molar-refractivity contribution in [1.82, 2.24) is 0 Å². The molecule has 0 saturated heterocycles. The van der Waals surface area contributed by atoms with E-state index < -0.39 is 0 Å². The van der Waals surface area contributed by atoms with E-state index in [1.807, 2.05) is 11.3 Å². The van der Waals surface area contributed by atoms with Crippen LogP contribution in [-0.2, 0) is 0 Å². The van der Waals surface area contributed by atoms with E-state index >= 15 is 0 Å². The third kappa shape index (κ3) is 4.24. The molecule has 1 nitrogen and oxygen atoms in total. The number of hydrogen-bond donors (Lipinski definition) is 0. The number of hydrogen-bond acceptors (Lipinski definition) is 2. The Hall–Kier alpha value is -5.96. The van der Waals surface area contributed by atoms with Crippen LogP contribution in [0.1, 0.15) is 0 Å². The molecule has 0 bridgehead atoms. The first-order valence-corrected chi connectivity index (χ1v) is 17.2. The smallest absolute Gasteiger partial charge is 0.0546 e. The van der Waals surface area contributed by atoms with Gasteiger partial charge in [0.25, 0.3) is 0 Å². The molecular weight excluding hydrogens is 599 g/mol. The molecule has 10 aromatic rings. The van der Waals surface area contributed by atoms with Crippen LogP contribution in [0.4, 0.5) is 17.1 Å². The highest BCUT2D eigenvalue weighted by Gasteiger charge is 2.20. The predicted molar refractivity (Wildman–Crippen MR) is 209 cm³/mol. The zero-order chi connectivity index (χ0) is 31.6. The first-order chi connectivity index (χ1) is 23.8. The van der Waals surface area contributed by atoms with Gasteiger partial charge in [0.15, 0.2) is 0 Å². The SMILES string of the molecule is c1ccc2c(-c3ccc(N(c4ccc5sc6ccccc6c5c4)c4cc5c6ccccc6ccc5c5ccccc45)cc3)cccc2c1. The summed E-state index contributed by atoms with van der Waals surface area (Å²) < 4.78 is 2.62. The Morgan fingerprint density at radius 1 is 0.333 bits per heavy atom. The summed E-state index contributed by atoms with van der Waals surface area (Å²) in [5, 5.41) is 12.7. The standard InChI is InChI=1S/C46H29NS/c1-3-13-35-30(10-1)12-9-18-36(35)32-20-23-33(24-21-32)47(34-25-27-46-43(28-34)41-17-7-8-19-45(41)48-46)44-29-42-37-14-4-2-11-31(37)22-26-39(42)38-15-5-6-16-40(38)44/h1-29H. The summed E-state index contributed by atoms with van der Waals surface area (Å²) in [4.78, 5) is 2.46. The fraction of sp³-hybridized carbons (Fsp3) is 0. The maximum absolute atomic E-state index is 2.46. The van der Waals surface area contributed by atoms with Crippen molar-refractivity contribution >= 4 is 91.7 Å². The molecule has 0 amide bonds. The Kier molecular flexibility index (Phi) is 6.12. The molecule has 0 N–H and O–H groups in total. The third-order valence-electron chi connectivity index (χ3n) is 9.83. The Morgan fingerprint density at radius 2 is 0.938 bits per heavy atom. The molecule has 10 rings (SSSR count). The molecule has 1 aromatic heterocycles. The van der Waals surface area contributed by atoms with E-state index in [0.29, 0.717) is 0 Å². The van der Waals surface area contributed by atoms with E-state index in [4.69, 9.17) is 0 Å². The minimum atomic E-state index is 1.13. The van der Waals surface area contributed by atoms with Gasteiger partial charge in [-0.25, -0.2) is 0 Å². The second-order valence-corrected chi connectivity index (χ2v) is 13.6. The lowest BCUT2D eigenvalue weighted by atomic mass is 9.94. The molecule has 0 fully saturated rings. The number of anilines is 3. The van der Waals surface area contributed by atoms with Gasteiger partial charge in [0.05, 0.1) is 5.69 Å². The maximum atomic E-state index is 2.46. The maximum Gasteiger partial charge on any atom is 0.0546 e. The molecule has 0 radical (unpaired) electrons. The van der Waals surface area contributed by atoms with E-state index in [1.165, 1.54) is 80.1 Å². The zero-order valence-electron chi connectivity index (χ0n) is 26.1. The predicted octanol–water partition coefficient (Wildman–Crippen LogP) is 13.8. The van der Waals surface area contributed by atoms with E-state index in [2.05, 4.69) is 181 Å². The van der Waals surface area contributed by atoms with Crippen LogP contribution in [0.25, 0.3) is 74.4 Å². The lowest BCUT2D eigenvalue weighted by Gasteiger charge is -2.28. The molecule has 0 aliphatic carbocycles. The van der Waals surface area contributed by atoms with Crippen LogP contribution in [-0.4, -0.2) is 0 Å². The van der Waals surface area contributed by atoms with E-state index in [1.54, 1.807) is 0 Å². The second kappa shape index (κ2) is 10.8. The van der Waals surface area contributed by atoms with Crippen molar-refractivity contribution in [2.45, 2.75) is 0 Å². The first-order valence-electron chi connectivity index (χ1n) is 16.4. The highest BCUT2D eigenvalue weighted by atomic mass is 32.1. The summed E-state index contributed by atoms with van der Waals surface area (Å²) in [6, 6.07) is 64.6. The molecule has 9 aromatic carbocycles. The van der Waals surface area contributed by atoms with Gasteiger partial charge in [0.1, 0.15) is 0 Å². The average molecular weight is 628 g/mol. The highest BCUT2D eigenvalue weighted by molar-refractivity contribution is 7.25. The van der Waals surface area contributed by atoms with Crippen molar-refractivity contribution in [3.63, 3.8) is 0 Å². The van der Waals surface area contributed by atoms with E-state index in [9.17, 15) is 0 Å². The molecule has 1 heterocycles. The Morgan fingerprint density at radius 3 is 1.77 bits per heavy atom. The summed E-state index contributed by atoms with van der Waals surface area (Å²) in [5.41, 5.74) is 5.91. The van der Waals surface area contributed by atoms with Crippen LogP contribution in [0.3, 0.4) is 0 Å². The van der Waals surface area contributed by atoms with Gasteiger partial charge in [-0.3, -0.25) is 0 Å². The van der Waals surface area contributed by atoms with Crippen LogP contribution >= 0.6 is 11.3 Å². The molecule has 0 spiro atoms. The van der Waals surface area contributed by atoms with Crippen molar-refractivity contribution in [3.8, 4) is 11.1 Å². The first kappa shape index (κ1) is 27.2. The van der Waals surface area contributed by atoms with Gasteiger partial charge >= 0.3 is 0 Å². The largest absolute Gasteiger partial charge is 0.310 e. The quantitative estimate of drug-likeness (QED) is 0.176. The minimum Gasteiger partial charge on any atom is -0.310 e. The normalized spacial score (nSPS) is 11.8. The van der Waals surface area contributed by atoms with Crippen LogP contribution < -0.4 is 4.90 Å². The summed E-state index contributed by atoms with van der Waals surface area (Å²) in [6.45, 7) is 0. The minimum absolute atomic E-state index is 1.13. The number of thiophene rings is 1. The third-order valence-corrected chi connectivity index (χ3v) is 11.0. The number of fused-ring (bicyclic) bond motifs is 9. The Labute approximate surface area is 282 Å². The van der Waals surface area contributed by atoms with E-state index in [-0.39, 0.29) is 0 Å². The van der Waals surface area contributed by atoms with Crippen LogP contribution in [0.15, 0.2) is 176 Å². The van der Waals surface area contributed by atoms with Crippen LogP contribution in [0.2, 0.25) is 0 Å². The molecular formula is C46H29NS. The summed E-state index contributed by atoms with van der Waals surface area (Å²) in [5.74, 6) is 0. The second-order valence-electron chi connectivity index (χ2n) is 12.5.